The first-order chi connectivity index (χ1) is 69.0. The van der Waals surface area contributed by atoms with Gasteiger partial charge in [0.15, 0.2) is 64.1 Å². The molecule has 9 aromatic carbocycles. The first kappa shape index (κ1) is 105. The van der Waals surface area contributed by atoms with Crippen molar-refractivity contribution < 1.29 is 128 Å². The van der Waals surface area contributed by atoms with E-state index in [1.165, 1.54) is 6.92 Å². The van der Waals surface area contributed by atoms with Crippen molar-refractivity contribution in [3.05, 3.63) is 323 Å². The number of hydrogen-bond acceptors (Lipinski definition) is 28. The number of benzene rings is 9. The fourth-order valence-corrected chi connectivity index (χ4v) is 22.5. The smallest absolute Gasteiger partial charge is 0.303 e. The van der Waals surface area contributed by atoms with E-state index < -0.39 is 201 Å². The third kappa shape index (κ3) is 26.8. The Morgan fingerprint density at radius 2 is 0.775 bits per heavy atom. The maximum Gasteiger partial charge on any atom is 0.303 e. The first-order valence-electron chi connectivity index (χ1n) is 49.2. The zero-order valence-electron chi connectivity index (χ0n) is 81.3. The lowest BCUT2D eigenvalue weighted by Crippen LogP contribution is -2.69. The van der Waals surface area contributed by atoms with Gasteiger partial charge in [-0.1, -0.05) is 329 Å². The number of fused-ring (bicyclic) bond motifs is 2. The van der Waals surface area contributed by atoms with Gasteiger partial charge in [-0.15, -0.1) is 0 Å². The van der Waals surface area contributed by atoms with Gasteiger partial charge in [0.2, 0.25) is 12.2 Å². The third-order valence-electron chi connectivity index (χ3n) is 27.1. The summed E-state index contributed by atoms with van der Waals surface area (Å²) >= 11 is 20.0. The Kier molecular flexibility index (Phi) is 36.9. The van der Waals surface area contributed by atoms with E-state index in [4.69, 9.17) is 158 Å². The molecule has 762 valence electrons. The van der Waals surface area contributed by atoms with E-state index in [2.05, 4.69) is 20.8 Å². The Balaban J connectivity index is 0.819. The van der Waals surface area contributed by atoms with Crippen molar-refractivity contribution in [2.75, 3.05) is 26.4 Å². The quantitative estimate of drug-likeness (QED) is 0.0122. The molecule has 142 heavy (non-hydrogen) atoms. The van der Waals surface area contributed by atoms with Crippen LogP contribution in [0.4, 0.5) is 0 Å². The second-order valence-electron chi connectivity index (χ2n) is 37.6. The van der Waals surface area contributed by atoms with Crippen molar-refractivity contribution in [3.8, 4) is 0 Å². The summed E-state index contributed by atoms with van der Waals surface area (Å²) in [6.07, 6.45) is -33.2. The van der Waals surface area contributed by atoms with E-state index in [0.29, 0.717) is 23.7 Å². The van der Waals surface area contributed by atoms with Gasteiger partial charge in [-0.25, -0.2) is 0 Å². The summed E-state index contributed by atoms with van der Waals surface area (Å²) in [7, 11) is -2.94. The highest BCUT2D eigenvalue weighted by atomic mass is 35.6. The van der Waals surface area contributed by atoms with Crippen LogP contribution < -0.4 is 0 Å². The number of nitrogens with one attached hydrogen (secondary N) is 1. The Morgan fingerprint density at radius 1 is 0.380 bits per heavy atom. The average molecular weight is 2030 g/mol. The number of carbonyl (C=O) groups is 1. The Morgan fingerprint density at radius 3 is 1.28 bits per heavy atom. The average Bonchev–Trinajstić information content (AvgIpc) is 1.41. The van der Waals surface area contributed by atoms with Gasteiger partial charge < -0.3 is 123 Å². The second kappa shape index (κ2) is 49.7. The summed E-state index contributed by atoms with van der Waals surface area (Å²) in [4.78, 5) is 14.0. The van der Waals surface area contributed by atoms with Gasteiger partial charge >= 0.3 is 5.97 Å². The molecule has 0 unspecified atom stereocenters. The van der Waals surface area contributed by atoms with Crippen molar-refractivity contribution in [3.63, 3.8) is 0 Å². The second-order valence-corrected chi connectivity index (χ2v) is 44.6. The maximum absolute atomic E-state index is 14.0. The van der Waals surface area contributed by atoms with Crippen molar-refractivity contribution in [2.24, 2.45) is 0 Å². The van der Waals surface area contributed by atoms with E-state index in [-0.39, 0.29) is 79.3 Å². The number of rotatable bonds is 44. The molecule has 8 fully saturated rings. The highest BCUT2D eigenvalue weighted by molar-refractivity contribution is 6.76. The molecule has 8 aliphatic rings. The van der Waals surface area contributed by atoms with Crippen LogP contribution in [-0.2, 0) is 180 Å². The molecule has 0 aliphatic carbocycles. The van der Waals surface area contributed by atoms with Crippen LogP contribution in [0.5, 0.6) is 0 Å². The van der Waals surface area contributed by atoms with E-state index in [1.54, 1.807) is 27.7 Å². The molecule has 8 heterocycles. The number of esters is 1. The van der Waals surface area contributed by atoms with Gasteiger partial charge in [-0.2, -0.15) is 0 Å². The summed E-state index contributed by atoms with van der Waals surface area (Å²) in [6.45, 7) is 17.2. The topological polar surface area (TPSA) is 281 Å². The molecule has 32 heteroatoms. The molecule has 0 spiro atoms. The molecular formula is C110H130Cl3NO27Si. The molecule has 0 bridgehead atoms. The summed E-state index contributed by atoms with van der Waals surface area (Å²) in [6, 6.07) is 90.1. The minimum atomic E-state index is -2.94. The van der Waals surface area contributed by atoms with Crippen molar-refractivity contribution >= 4 is 55.0 Å². The minimum absolute atomic E-state index is 0.00406. The standard InChI is InChI=1S/C110H130Cl3NO27Si/c1-10-142(11-2,12-3)141-98-90(121-63-79-50-32-18-33-51-79)88(120-62-78-48-30-17-31-49-78)84(66-116-58-74-40-22-13-23-41-74)130-105(98)133-91-87(131-101-94(122-64-80-52-34-19-35-53-80)89(83(67-124-101)118-60-76-44-26-15-27-45-76)132-106-99-109(69-125-106,68-117-59-75-42-24-14-25-43-75)140-100(136-99)82-56-38-21-39-57-82)72(6)127-102(95(91)123-65-81-54-36-20-37-55-81)135-96-92(86(129-73(7)115)71(5)128-103(96)137-107(114)110(111,112)113)134-104-97-93(138-108(8,9)139-97)85(70(4)126-104)119-61-77-46-28-16-29-47-77/h13-57,70-72,83-106,114H,10-12,58-69H2,1-9H3/t70-,71+,72-,83+,84+,85-,86-,87-,88+,89-,90-,91+,92-,93+,94+,95+,96+,97+,98+,99-,100+,101-,102-,103+,104-,105-,106-,109+/m0/s1. The van der Waals surface area contributed by atoms with Crippen LogP contribution in [0.25, 0.3) is 0 Å². The van der Waals surface area contributed by atoms with Gasteiger partial charge in [0.25, 0.3) is 3.79 Å². The van der Waals surface area contributed by atoms with Crippen LogP contribution in [0.15, 0.2) is 273 Å². The number of hydrogen-bond donors (Lipinski definition) is 1. The number of alkyl halides is 3. The van der Waals surface area contributed by atoms with Gasteiger partial charge in [-0.05, 0) is 97.3 Å². The van der Waals surface area contributed by atoms with E-state index in [0.717, 1.165) is 44.5 Å². The molecule has 0 saturated carbocycles. The van der Waals surface area contributed by atoms with Crippen molar-refractivity contribution in [1.82, 2.24) is 0 Å². The third-order valence-corrected chi connectivity index (χ3v) is 32.2. The van der Waals surface area contributed by atoms with Gasteiger partial charge in [0, 0.05) is 12.5 Å². The van der Waals surface area contributed by atoms with Crippen LogP contribution in [0, 0.1) is 5.41 Å². The predicted octanol–water partition coefficient (Wildman–Crippen LogP) is 18.6. The molecule has 28 nitrogen and oxygen atoms in total. The van der Waals surface area contributed by atoms with Crippen LogP contribution in [0.1, 0.15) is 119 Å². The summed E-state index contributed by atoms with van der Waals surface area (Å²) in [5.41, 5.74) is 6.47. The van der Waals surface area contributed by atoms with Gasteiger partial charge in [-0.3, -0.25) is 10.2 Å². The SMILES string of the molecule is CC[Si](CC)(CC)O[C@H]1[C@H](O[C@@H]2[C@@H](O[C@@H]3OC[C@@H](OCc4ccccc4)[C@H](O[C@@H]4OC[C@@]5(COCc6ccccc6)O[C@H](c6ccccc6)O[C@@H]45)[C@H]3OCc3ccccc3)[C@H](C)O[C@@H](O[C@H]3[C@@H](OC(=N)C(Cl)(Cl)Cl)O[C@H](C)[C@H](OC(C)=O)[C@@H]3O[C@@H]3O[C@@H](C)[C@H](OCc4ccccc4)[C@H]4OC(C)(C)O[C@@H]34)[C@@H]2OCc2ccccc2)O[C@H](COCc2ccccc2)[C@@H](OCc2ccccc2)[C@@H]1OCc1ccccc1. The first-order valence-corrected chi connectivity index (χ1v) is 52.8. The predicted molar refractivity (Wildman–Crippen MR) is 526 cm³/mol. The van der Waals surface area contributed by atoms with Gasteiger partial charge in [0.1, 0.15) is 97.2 Å². The number of ether oxygens (including phenoxy) is 25. The lowest BCUT2D eigenvalue weighted by Gasteiger charge is -2.53. The van der Waals surface area contributed by atoms with Gasteiger partial charge in [0.05, 0.1) is 97.6 Å². The van der Waals surface area contributed by atoms with Crippen molar-refractivity contribution in [2.45, 2.75) is 315 Å². The zero-order valence-corrected chi connectivity index (χ0v) is 84.6. The normalized spacial score (nSPS) is 31.9. The van der Waals surface area contributed by atoms with Crippen LogP contribution in [0.2, 0.25) is 18.1 Å². The molecule has 1 N–H and O–H groups in total. The molecule has 8 aliphatic heterocycles. The summed E-state index contributed by atoms with van der Waals surface area (Å²) < 4.78 is 186. The minimum Gasteiger partial charge on any atom is -0.457 e. The maximum atomic E-state index is 14.0. The lowest BCUT2D eigenvalue weighted by atomic mass is 9.95. The Hall–Kier alpha value is -7.95. The van der Waals surface area contributed by atoms with Crippen LogP contribution in [0.3, 0.4) is 0 Å². The monoisotopic (exact) mass is 2030 g/mol. The van der Waals surface area contributed by atoms with E-state index >= 15 is 0 Å². The molecular weight excluding hydrogens is 1900 g/mol. The molecule has 9 aromatic rings. The Labute approximate surface area is 846 Å². The number of carbonyl (C=O) groups excluding carboxylic acids is 1. The summed E-state index contributed by atoms with van der Waals surface area (Å²) in [5, 5.41) is 9.40. The highest BCUT2D eigenvalue weighted by Gasteiger charge is 2.65. The zero-order chi connectivity index (χ0) is 98.8. The Bertz CT molecular complexity index is 5300. The van der Waals surface area contributed by atoms with Crippen LogP contribution >= 0.6 is 34.8 Å². The fraction of sp³-hybridized carbons (Fsp3) is 0.491. The fourth-order valence-electron chi connectivity index (χ4n) is 19.5. The molecule has 28 atom stereocenters. The lowest BCUT2D eigenvalue weighted by molar-refractivity contribution is -0.408. The highest BCUT2D eigenvalue weighted by Crippen LogP contribution is 2.50. The molecule has 8 saturated heterocycles. The molecule has 0 radical (unpaired) electrons. The van der Waals surface area contributed by atoms with E-state index in [1.807, 2.05) is 280 Å². The van der Waals surface area contributed by atoms with Crippen LogP contribution in [-0.4, -0.2) is 222 Å². The molecule has 0 amide bonds. The number of halogens is 3. The van der Waals surface area contributed by atoms with E-state index in [9.17, 15) is 10.2 Å². The van der Waals surface area contributed by atoms with Crippen molar-refractivity contribution in [1.29, 1.82) is 5.41 Å². The molecule has 0 aromatic heterocycles. The summed E-state index contributed by atoms with van der Waals surface area (Å²) in [5.74, 6) is -2.84. The largest absolute Gasteiger partial charge is 0.457 e. The molecule has 17 rings (SSSR count).